The van der Waals surface area contributed by atoms with E-state index in [1.165, 1.54) is 36.7 Å². The van der Waals surface area contributed by atoms with E-state index in [4.69, 9.17) is 9.47 Å². The number of rotatable bonds is 9. The van der Waals surface area contributed by atoms with Crippen LogP contribution in [0, 0.1) is 0 Å². The Balaban J connectivity index is 1.28. The molecule has 11 heteroatoms. The summed E-state index contributed by atoms with van der Waals surface area (Å²) in [5.41, 5.74) is 0.419. The molecule has 34 heavy (non-hydrogen) atoms. The molecule has 2 aromatic heterocycles. The Morgan fingerprint density at radius 3 is 2.15 bits per heavy atom. The van der Waals surface area contributed by atoms with Crippen molar-refractivity contribution >= 4 is 27.6 Å². The molecule has 0 atom stereocenters. The summed E-state index contributed by atoms with van der Waals surface area (Å²) in [4.78, 5) is 24.0. The third-order valence-electron chi connectivity index (χ3n) is 4.29. The number of hydrogen-bond acceptors (Lipinski definition) is 8. The van der Waals surface area contributed by atoms with Crippen LogP contribution in [0.15, 0.2) is 96.3 Å². The fourth-order valence-electron chi connectivity index (χ4n) is 2.73. The fraction of sp³-hybridized carbons (Fsp3) is 0.0435. The lowest BCUT2D eigenvalue weighted by Gasteiger charge is -2.10. The number of carbonyl (C=O) groups is 1. The zero-order valence-corrected chi connectivity index (χ0v) is 18.5. The van der Waals surface area contributed by atoms with Gasteiger partial charge in [-0.1, -0.05) is 6.07 Å². The Hall–Kier alpha value is -4.51. The molecule has 0 spiro atoms. The molecular weight excluding hydrogens is 458 g/mol. The molecule has 10 nitrogen and oxygen atoms in total. The molecule has 2 N–H and O–H groups in total. The fourth-order valence-corrected chi connectivity index (χ4v) is 3.68. The van der Waals surface area contributed by atoms with E-state index in [0.717, 1.165) is 0 Å². The van der Waals surface area contributed by atoms with E-state index in [1.807, 2.05) is 6.07 Å². The Morgan fingerprint density at radius 1 is 0.794 bits per heavy atom. The summed E-state index contributed by atoms with van der Waals surface area (Å²) in [6, 6.07) is 19.4. The maximum atomic E-state index is 12.4. The van der Waals surface area contributed by atoms with Gasteiger partial charge in [-0.25, -0.2) is 28.1 Å². The van der Waals surface area contributed by atoms with Crippen LogP contribution in [0.4, 0.5) is 11.6 Å². The number of nitrogens with one attached hydrogen (secondary N) is 2. The van der Waals surface area contributed by atoms with Crippen molar-refractivity contribution in [2.24, 2.45) is 0 Å². The zero-order valence-electron chi connectivity index (χ0n) is 17.7. The van der Waals surface area contributed by atoms with Crippen LogP contribution in [0.1, 0.15) is 0 Å². The lowest BCUT2D eigenvalue weighted by Crippen LogP contribution is -2.20. The monoisotopic (exact) mass is 477 g/mol. The highest BCUT2D eigenvalue weighted by atomic mass is 32.2. The first-order valence-corrected chi connectivity index (χ1v) is 11.5. The second-order valence-corrected chi connectivity index (χ2v) is 8.46. The van der Waals surface area contributed by atoms with E-state index in [-0.39, 0.29) is 17.5 Å². The summed E-state index contributed by atoms with van der Waals surface area (Å²) >= 11 is 0. The number of pyridine rings is 1. The van der Waals surface area contributed by atoms with Crippen molar-refractivity contribution in [2.75, 3.05) is 16.6 Å². The van der Waals surface area contributed by atoms with Gasteiger partial charge in [0.1, 0.15) is 11.5 Å². The first-order chi connectivity index (χ1) is 16.5. The van der Waals surface area contributed by atoms with Gasteiger partial charge in [0.15, 0.2) is 6.61 Å². The number of hydrogen-bond donors (Lipinski definition) is 2. The first kappa shape index (κ1) is 22.7. The Kier molecular flexibility index (Phi) is 6.94. The largest absolute Gasteiger partial charge is 0.484 e. The van der Waals surface area contributed by atoms with Crippen LogP contribution in [0.5, 0.6) is 17.4 Å². The van der Waals surface area contributed by atoms with Gasteiger partial charge in [0.25, 0.3) is 15.9 Å². The van der Waals surface area contributed by atoms with Crippen molar-refractivity contribution in [3.8, 4) is 17.4 Å². The second-order valence-electron chi connectivity index (χ2n) is 6.78. The van der Waals surface area contributed by atoms with Gasteiger partial charge in [0.05, 0.1) is 4.90 Å². The predicted molar refractivity (Wildman–Crippen MR) is 124 cm³/mol. The third-order valence-corrected chi connectivity index (χ3v) is 5.64. The Bertz CT molecular complexity index is 1330. The van der Waals surface area contributed by atoms with Crippen molar-refractivity contribution in [3.05, 3.63) is 91.4 Å². The average molecular weight is 478 g/mol. The van der Waals surface area contributed by atoms with E-state index in [9.17, 15) is 13.2 Å². The van der Waals surface area contributed by atoms with Gasteiger partial charge in [0.2, 0.25) is 11.8 Å². The molecule has 0 bridgehead atoms. The minimum atomic E-state index is -3.85. The molecule has 4 aromatic rings. The number of sulfonamides is 1. The average Bonchev–Trinajstić information content (AvgIpc) is 2.85. The quantitative estimate of drug-likeness (QED) is 0.374. The van der Waals surface area contributed by atoms with Crippen LogP contribution in [0.3, 0.4) is 0 Å². The standard InChI is InChI=1S/C23H19N5O5S/c29-21(16-32-18-7-9-19(10-8-18)33-22-4-1-2-13-24-22)27-17-5-11-20(12-6-17)34(30,31)28-23-25-14-3-15-26-23/h1-15H,16H2,(H,27,29)(H,25,26,28). The van der Waals surface area contributed by atoms with Crippen molar-refractivity contribution in [1.82, 2.24) is 15.0 Å². The number of amides is 1. The number of ether oxygens (including phenoxy) is 2. The molecular formula is C23H19N5O5S. The smallest absolute Gasteiger partial charge is 0.264 e. The molecule has 0 aliphatic rings. The van der Waals surface area contributed by atoms with Gasteiger partial charge in [-0.3, -0.25) is 4.79 Å². The van der Waals surface area contributed by atoms with E-state index < -0.39 is 15.9 Å². The van der Waals surface area contributed by atoms with E-state index in [2.05, 4.69) is 25.0 Å². The van der Waals surface area contributed by atoms with Crippen LogP contribution >= 0.6 is 0 Å². The van der Waals surface area contributed by atoms with Gasteiger partial charge in [-0.15, -0.1) is 0 Å². The molecule has 0 saturated carbocycles. The molecule has 172 valence electrons. The van der Waals surface area contributed by atoms with Crippen LogP contribution in [0.25, 0.3) is 0 Å². The van der Waals surface area contributed by atoms with Crippen LogP contribution in [-0.2, 0) is 14.8 Å². The normalized spacial score (nSPS) is 10.8. The Morgan fingerprint density at radius 2 is 1.47 bits per heavy atom. The maximum absolute atomic E-state index is 12.4. The highest BCUT2D eigenvalue weighted by molar-refractivity contribution is 7.92. The molecule has 0 aliphatic carbocycles. The van der Waals surface area contributed by atoms with E-state index in [0.29, 0.717) is 23.1 Å². The van der Waals surface area contributed by atoms with Crippen LogP contribution in [-0.4, -0.2) is 35.9 Å². The van der Waals surface area contributed by atoms with Crippen molar-refractivity contribution in [3.63, 3.8) is 0 Å². The van der Waals surface area contributed by atoms with Gasteiger partial charge in [0, 0.05) is 30.3 Å². The highest BCUT2D eigenvalue weighted by Crippen LogP contribution is 2.22. The molecule has 4 rings (SSSR count). The summed E-state index contributed by atoms with van der Waals surface area (Å²) < 4.78 is 38.2. The SMILES string of the molecule is O=C(COc1ccc(Oc2ccccn2)cc1)Nc1ccc(S(=O)(=O)Nc2ncccn2)cc1. The highest BCUT2D eigenvalue weighted by Gasteiger charge is 2.15. The van der Waals surface area contributed by atoms with E-state index >= 15 is 0 Å². The number of benzene rings is 2. The number of carbonyl (C=O) groups excluding carboxylic acids is 1. The summed E-state index contributed by atoms with van der Waals surface area (Å²) in [6.07, 6.45) is 4.49. The summed E-state index contributed by atoms with van der Waals surface area (Å²) in [5.74, 6) is 1.10. The van der Waals surface area contributed by atoms with Crippen LogP contribution < -0.4 is 19.5 Å². The van der Waals surface area contributed by atoms with Gasteiger partial charge >= 0.3 is 0 Å². The second kappa shape index (κ2) is 10.4. The first-order valence-electron chi connectivity index (χ1n) is 9.99. The van der Waals surface area contributed by atoms with Gasteiger partial charge < -0.3 is 14.8 Å². The molecule has 0 saturated heterocycles. The molecule has 2 aromatic carbocycles. The molecule has 0 aliphatic heterocycles. The molecule has 1 amide bonds. The lowest BCUT2D eigenvalue weighted by atomic mass is 10.3. The Labute approximate surface area is 195 Å². The maximum Gasteiger partial charge on any atom is 0.264 e. The molecule has 0 radical (unpaired) electrons. The van der Waals surface area contributed by atoms with E-state index in [1.54, 1.807) is 48.7 Å². The number of nitrogens with zero attached hydrogens (tertiary/aromatic N) is 3. The topological polar surface area (TPSA) is 132 Å². The van der Waals surface area contributed by atoms with Gasteiger partial charge in [-0.05, 0) is 60.7 Å². The molecule has 0 fully saturated rings. The lowest BCUT2D eigenvalue weighted by molar-refractivity contribution is -0.118. The zero-order chi connectivity index (χ0) is 23.8. The predicted octanol–water partition coefficient (Wildman–Crippen LogP) is 3.48. The minimum Gasteiger partial charge on any atom is -0.484 e. The molecule has 0 unspecified atom stereocenters. The van der Waals surface area contributed by atoms with Gasteiger partial charge in [-0.2, -0.15) is 0 Å². The summed E-state index contributed by atoms with van der Waals surface area (Å²) in [6.45, 7) is -0.229. The number of aromatic nitrogens is 3. The minimum absolute atomic E-state index is 0.00205. The van der Waals surface area contributed by atoms with Crippen molar-refractivity contribution < 1.29 is 22.7 Å². The van der Waals surface area contributed by atoms with Crippen molar-refractivity contribution in [2.45, 2.75) is 4.90 Å². The van der Waals surface area contributed by atoms with Crippen molar-refractivity contribution in [1.29, 1.82) is 0 Å². The summed E-state index contributed by atoms with van der Waals surface area (Å²) in [7, 11) is -3.85. The number of anilines is 2. The summed E-state index contributed by atoms with van der Waals surface area (Å²) in [5, 5.41) is 2.65. The van der Waals surface area contributed by atoms with Crippen LogP contribution in [0.2, 0.25) is 0 Å². The molecule has 2 heterocycles. The third kappa shape index (κ3) is 6.26.